The summed E-state index contributed by atoms with van der Waals surface area (Å²) in [7, 11) is 0. The Morgan fingerprint density at radius 1 is 1.29 bits per heavy atom. The summed E-state index contributed by atoms with van der Waals surface area (Å²) in [5.74, 6) is 0. The Labute approximate surface area is 166 Å². The second kappa shape index (κ2) is 8.25. The van der Waals surface area contributed by atoms with Gasteiger partial charge in [-0.25, -0.2) is 9.78 Å². The first-order valence-electron chi connectivity index (χ1n) is 8.87. The lowest BCUT2D eigenvalue weighted by molar-refractivity contribution is 0.0444. The Kier molecular flexibility index (Phi) is 5.37. The molecule has 0 radical (unpaired) electrons. The molecule has 2 heterocycles. The van der Waals surface area contributed by atoms with E-state index in [2.05, 4.69) is 15.2 Å². The van der Waals surface area contributed by atoms with Crippen LogP contribution in [0, 0.1) is 11.3 Å². The summed E-state index contributed by atoms with van der Waals surface area (Å²) in [5, 5.41) is 12.4. The van der Waals surface area contributed by atoms with Gasteiger partial charge in [0.25, 0.3) is 0 Å². The number of rotatable bonds is 3. The number of ether oxygens (including phenoxy) is 2. The van der Waals surface area contributed by atoms with Crippen LogP contribution < -0.4 is 10.2 Å². The molecule has 0 aliphatic carbocycles. The number of thiazole rings is 1. The highest BCUT2D eigenvalue weighted by Gasteiger charge is 2.24. The van der Waals surface area contributed by atoms with Crippen LogP contribution in [0.1, 0.15) is 5.56 Å². The van der Waals surface area contributed by atoms with Gasteiger partial charge < -0.3 is 14.4 Å². The normalized spacial score (nSPS) is 17.0. The highest BCUT2D eigenvalue weighted by molar-refractivity contribution is 7.22. The number of fused-ring (bicyclic) bond motifs is 1. The minimum atomic E-state index is -0.551. The van der Waals surface area contributed by atoms with Crippen LogP contribution >= 0.6 is 11.3 Å². The van der Waals surface area contributed by atoms with Crippen molar-refractivity contribution in [3.8, 4) is 6.07 Å². The van der Waals surface area contributed by atoms with E-state index in [0.29, 0.717) is 37.6 Å². The van der Waals surface area contributed by atoms with Crippen molar-refractivity contribution in [1.82, 2.24) is 4.98 Å². The lowest BCUT2D eigenvalue weighted by Crippen LogP contribution is -2.36. The molecule has 1 saturated heterocycles. The van der Waals surface area contributed by atoms with E-state index in [9.17, 15) is 4.79 Å². The maximum absolute atomic E-state index is 12.2. The van der Waals surface area contributed by atoms with Crippen LogP contribution in [0.5, 0.6) is 0 Å². The molecule has 0 saturated carbocycles. The number of aromatic nitrogens is 1. The van der Waals surface area contributed by atoms with Crippen LogP contribution in [0.2, 0.25) is 0 Å². The molecule has 142 valence electrons. The van der Waals surface area contributed by atoms with Gasteiger partial charge in [-0.15, -0.1) is 0 Å². The summed E-state index contributed by atoms with van der Waals surface area (Å²) < 4.78 is 12.3. The minimum Gasteiger partial charge on any atom is -0.442 e. The molecule has 1 atom stereocenters. The second-order valence-electron chi connectivity index (χ2n) is 6.33. The first-order chi connectivity index (χ1) is 13.7. The molecule has 1 aromatic heterocycles. The van der Waals surface area contributed by atoms with Gasteiger partial charge in [-0.2, -0.15) is 5.26 Å². The van der Waals surface area contributed by atoms with Crippen molar-refractivity contribution in [2.75, 3.05) is 36.5 Å². The molecule has 8 heteroatoms. The number of carbonyl (C=O) groups excluding carboxylic acids is 1. The summed E-state index contributed by atoms with van der Waals surface area (Å²) in [6.07, 6.45) is -0.961. The summed E-state index contributed by atoms with van der Waals surface area (Å²) >= 11 is 1.62. The quantitative estimate of drug-likeness (QED) is 0.730. The average Bonchev–Trinajstić information content (AvgIpc) is 3.01. The van der Waals surface area contributed by atoms with E-state index in [4.69, 9.17) is 14.7 Å². The number of benzene rings is 2. The van der Waals surface area contributed by atoms with Crippen LogP contribution in [0.4, 0.5) is 15.6 Å². The Morgan fingerprint density at radius 3 is 2.89 bits per heavy atom. The van der Waals surface area contributed by atoms with Gasteiger partial charge in [0.15, 0.2) is 5.13 Å². The molecule has 1 aliphatic rings. The molecule has 1 aliphatic heterocycles. The number of para-hydroxylation sites is 1. The van der Waals surface area contributed by atoms with Gasteiger partial charge in [0.2, 0.25) is 0 Å². The van der Waals surface area contributed by atoms with Crippen molar-refractivity contribution >= 4 is 38.5 Å². The number of nitrogens with one attached hydrogen (secondary N) is 1. The molecule has 1 fully saturated rings. The first kappa shape index (κ1) is 18.2. The molecular weight excluding hydrogens is 376 g/mol. The highest BCUT2D eigenvalue weighted by Crippen LogP contribution is 2.29. The van der Waals surface area contributed by atoms with E-state index in [1.807, 2.05) is 30.3 Å². The van der Waals surface area contributed by atoms with E-state index >= 15 is 0 Å². The fourth-order valence-electron chi connectivity index (χ4n) is 2.95. The number of nitriles is 1. The van der Waals surface area contributed by atoms with Crippen molar-refractivity contribution in [2.24, 2.45) is 0 Å². The zero-order valence-electron chi connectivity index (χ0n) is 15.0. The van der Waals surface area contributed by atoms with Gasteiger partial charge in [-0.05, 0) is 36.4 Å². The van der Waals surface area contributed by atoms with Crippen molar-refractivity contribution < 1.29 is 14.3 Å². The lowest BCUT2D eigenvalue weighted by atomic mass is 10.2. The Balaban J connectivity index is 1.40. The van der Waals surface area contributed by atoms with Crippen molar-refractivity contribution in [3.05, 3.63) is 54.1 Å². The molecule has 0 bridgehead atoms. The lowest BCUT2D eigenvalue weighted by Gasteiger charge is -2.22. The van der Waals surface area contributed by atoms with Crippen LogP contribution in [0.25, 0.3) is 10.2 Å². The first-order valence-corrected chi connectivity index (χ1v) is 9.69. The minimum absolute atomic E-state index is 0.336. The molecule has 0 unspecified atom stereocenters. The third-order valence-corrected chi connectivity index (χ3v) is 5.42. The zero-order chi connectivity index (χ0) is 19.3. The number of amides is 1. The average molecular weight is 394 g/mol. The van der Waals surface area contributed by atoms with Crippen molar-refractivity contribution in [3.63, 3.8) is 0 Å². The van der Waals surface area contributed by atoms with E-state index in [1.165, 1.54) is 0 Å². The molecule has 28 heavy (non-hydrogen) atoms. The topological polar surface area (TPSA) is 87.5 Å². The SMILES string of the molecule is N#Cc1ccc(NC(=O)O[C@H]2COCCN(c3nc4ccccc4s3)C2)cc1. The molecule has 3 aromatic rings. The van der Waals surface area contributed by atoms with E-state index in [-0.39, 0.29) is 0 Å². The smallest absolute Gasteiger partial charge is 0.412 e. The van der Waals surface area contributed by atoms with Crippen molar-refractivity contribution in [1.29, 1.82) is 5.26 Å². The standard InChI is InChI=1S/C20H18N4O3S/c21-11-14-5-7-15(8-6-14)22-20(25)27-16-12-24(9-10-26-13-16)19-23-17-3-1-2-4-18(17)28-19/h1-8,16H,9-10,12-13H2,(H,22,25)/t16-/m1/s1. The van der Waals surface area contributed by atoms with Crippen LogP contribution in [-0.4, -0.2) is 43.5 Å². The molecule has 4 rings (SSSR count). The molecular formula is C20H18N4O3S. The largest absolute Gasteiger partial charge is 0.442 e. The monoisotopic (exact) mass is 394 g/mol. The molecule has 1 N–H and O–H groups in total. The number of hydrogen-bond donors (Lipinski definition) is 1. The zero-order valence-corrected chi connectivity index (χ0v) is 15.8. The maximum Gasteiger partial charge on any atom is 0.412 e. The van der Waals surface area contributed by atoms with Gasteiger partial charge in [0, 0.05) is 12.2 Å². The Morgan fingerprint density at radius 2 is 2.11 bits per heavy atom. The molecule has 1 amide bonds. The van der Waals surface area contributed by atoms with Crippen LogP contribution in [0.15, 0.2) is 48.5 Å². The van der Waals surface area contributed by atoms with Crippen LogP contribution in [-0.2, 0) is 9.47 Å². The number of anilines is 2. The molecule has 0 spiro atoms. The van der Waals surface area contributed by atoms with Crippen LogP contribution in [0.3, 0.4) is 0 Å². The van der Waals surface area contributed by atoms with Gasteiger partial charge in [-0.1, -0.05) is 23.5 Å². The second-order valence-corrected chi connectivity index (χ2v) is 7.34. The van der Waals surface area contributed by atoms with Gasteiger partial charge in [0.05, 0.1) is 41.6 Å². The Hall–Kier alpha value is -3.15. The predicted molar refractivity (Wildman–Crippen MR) is 108 cm³/mol. The van der Waals surface area contributed by atoms with E-state index in [1.54, 1.807) is 35.6 Å². The van der Waals surface area contributed by atoms with E-state index in [0.717, 1.165) is 15.3 Å². The molecule has 7 nitrogen and oxygen atoms in total. The number of hydrogen-bond acceptors (Lipinski definition) is 7. The van der Waals surface area contributed by atoms with Gasteiger partial charge >= 0.3 is 6.09 Å². The molecule has 2 aromatic carbocycles. The summed E-state index contributed by atoms with van der Waals surface area (Å²) in [6, 6.07) is 16.6. The summed E-state index contributed by atoms with van der Waals surface area (Å²) in [6.45, 7) is 2.09. The highest BCUT2D eigenvalue weighted by atomic mass is 32.1. The van der Waals surface area contributed by atoms with E-state index < -0.39 is 12.2 Å². The summed E-state index contributed by atoms with van der Waals surface area (Å²) in [5.41, 5.74) is 2.06. The van der Waals surface area contributed by atoms with Gasteiger partial charge in [0.1, 0.15) is 6.10 Å². The third-order valence-electron chi connectivity index (χ3n) is 4.32. The predicted octanol–water partition coefficient (Wildman–Crippen LogP) is 3.62. The number of carbonyl (C=O) groups is 1. The summed E-state index contributed by atoms with van der Waals surface area (Å²) in [4.78, 5) is 19.0. The van der Waals surface area contributed by atoms with Crippen molar-refractivity contribution in [2.45, 2.75) is 6.10 Å². The fourth-order valence-corrected chi connectivity index (χ4v) is 3.95. The fraction of sp³-hybridized carbons (Fsp3) is 0.250. The Bertz CT molecular complexity index is 979. The maximum atomic E-state index is 12.2. The third kappa shape index (κ3) is 4.22. The van der Waals surface area contributed by atoms with Gasteiger partial charge in [-0.3, -0.25) is 5.32 Å². The number of nitrogens with zero attached hydrogens (tertiary/aromatic N) is 3.